The van der Waals surface area contributed by atoms with Crippen LogP contribution in [0, 0.1) is 0 Å². The van der Waals surface area contributed by atoms with E-state index in [1.54, 1.807) is 48.5 Å². The lowest BCUT2D eigenvalue weighted by Gasteiger charge is -2.05. The molecule has 1 amide bonds. The number of hydrogen-bond acceptors (Lipinski definition) is 4. The zero-order valence-corrected chi connectivity index (χ0v) is 15.5. The van der Waals surface area contributed by atoms with Crippen molar-refractivity contribution in [3.8, 4) is 0 Å². The Kier molecular flexibility index (Phi) is 5.94. The first-order chi connectivity index (χ1) is 13.0. The first-order valence-corrected chi connectivity index (χ1v) is 8.88. The Bertz CT molecular complexity index is 989. The summed E-state index contributed by atoms with van der Waals surface area (Å²) in [5.74, 6) is -0.133. The van der Waals surface area contributed by atoms with Crippen molar-refractivity contribution in [3.05, 3.63) is 71.0 Å². The van der Waals surface area contributed by atoms with Gasteiger partial charge in [-0.15, -0.1) is 0 Å². The summed E-state index contributed by atoms with van der Waals surface area (Å²) in [7, 11) is 0. The summed E-state index contributed by atoms with van der Waals surface area (Å²) in [5.41, 5.74) is 1.72. The molecule has 2 aromatic carbocycles. The van der Waals surface area contributed by atoms with Crippen LogP contribution in [-0.2, 0) is 9.53 Å². The minimum Gasteiger partial charge on any atom is -0.462 e. The molecule has 0 spiro atoms. The maximum atomic E-state index is 12.1. The molecule has 6 heteroatoms. The van der Waals surface area contributed by atoms with Gasteiger partial charge in [0.2, 0.25) is 5.91 Å². The highest BCUT2D eigenvalue weighted by Crippen LogP contribution is 2.23. The molecule has 1 aromatic heterocycles. The van der Waals surface area contributed by atoms with Gasteiger partial charge in [-0.2, -0.15) is 0 Å². The average Bonchev–Trinajstić information content (AvgIpc) is 3.07. The van der Waals surface area contributed by atoms with Crippen LogP contribution in [0.2, 0.25) is 5.02 Å². The Labute approximate surface area is 161 Å². The summed E-state index contributed by atoms with van der Waals surface area (Å²) in [4.78, 5) is 23.8. The number of esters is 1. The lowest BCUT2D eigenvalue weighted by molar-refractivity contribution is -0.111. The van der Waals surface area contributed by atoms with Crippen molar-refractivity contribution in [2.24, 2.45) is 0 Å². The standard InChI is InChI=1S/C21H18ClNO4/c1-2-11-26-21(25)14-3-6-17(7-4-14)23-20(24)10-8-18-13-15-12-16(22)5-9-19(15)27-18/h3-10,12-13H,2,11H2,1H3,(H,23,24). The Hall–Kier alpha value is -3.05. The second kappa shape index (κ2) is 8.56. The minimum atomic E-state index is -0.375. The van der Waals surface area contributed by atoms with Crippen LogP contribution in [0.5, 0.6) is 0 Å². The number of amides is 1. The van der Waals surface area contributed by atoms with Crippen molar-refractivity contribution in [1.29, 1.82) is 0 Å². The fourth-order valence-electron chi connectivity index (χ4n) is 2.43. The van der Waals surface area contributed by atoms with Crippen LogP contribution in [0.3, 0.4) is 0 Å². The summed E-state index contributed by atoms with van der Waals surface area (Å²) in [6, 6.07) is 13.7. The molecule has 27 heavy (non-hydrogen) atoms. The van der Waals surface area contributed by atoms with E-state index in [4.69, 9.17) is 20.8 Å². The van der Waals surface area contributed by atoms with Crippen LogP contribution in [-0.4, -0.2) is 18.5 Å². The molecule has 0 aliphatic carbocycles. The zero-order valence-electron chi connectivity index (χ0n) is 14.7. The number of carbonyl (C=O) groups is 2. The van der Waals surface area contributed by atoms with Crippen LogP contribution in [0.25, 0.3) is 17.0 Å². The molecule has 3 aromatic rings. The van der Waals surface area contributed by atoms with E-state index in [-0.39, 0.29) is 11.9 Å². The van der Waals surface area contributed by atoms with Crippen molar-refractivity contribution in [2.75, 3.05) is 11.9 Å². The van der Waals surface area contributed by atoms with E-state index < -0.39 is 0 Å². The van der Waals surface area contributed by atoms with Gasteiger partial charge in [0.1, 0.15) is 11.3 Å². The number of ether oxygens (including phenoxy) is 1. The van der Waals surface area contributed by atoms with Crippen LogP contribution < -0.4 is 5.32 Å². The fraction of sp³-hybridized carbons (Fsp3) is 0.143. The molecular formula is C21H18ClNO4. The molecule has 0 atom stereocenters. The van der Waals surface area contributed by atoms with Gasteiger partial charge in [0, 0.05) is 22.2 Å². The summed E-state index contributed by atoms with van der Waals surface area (Å²) in [6.45, 7) is 2.32. The number of carbonyl (C=O) groups excluding carboxylic acids is 2. The number of fused-ring (bicyclic) bond motifs is 1. The number of furan rings is 1. The molecule has 0 saturated heterocycles. The molecule has 1 N–H and O–H groups in total. The molecule has 0 bridgehead atoms. The highest BCUT2D eigenvalue weighted by atomic mass is 35.5. The van der Waals surface area contributed by atoms with Gasteiger partial charge in [0.05, 0.1) is 12.2 Å². The van der Waals surface area contributed by atoms with Gasteiger partial charge in [0.15, 0.2) is 0 Å². The SMILES string of the molecule is CCCOC(=O)c1ccc(NC(=O)C=Cc2cc3cc(Cl)ccc3o2)cc1. The molecule has 0 aliphatic heterocycles. The van der Waals surface area contributed by atoms with E-state index in [2.05, 4.69) is 5.32 Å². The average molecular weight is 384 g/mol. The molecule has 0 radical (unpaired) electrons. The van der Waals surface area contributed by atoms with Gasteiger partial charge < -0.3 is 14.5 Å². The van der Waals surface area contributed by atoms with Gasteiger partial charge in [-0.3, -0.25) is 4.79 Å². The number of anilines is 1. The third-order valence-corrected chi connectivity index (χ3v) is 3.96. The van der Waals surface area contributed by atoms with Gasteiger partial charge in [0.25, 0.3) is 0 Å². The second-order valence-electron chi connectivity index (χ2n) is 5.87. The van der Waals surface area contributed by atoms with E-state index in [0.29, 0.717) is 34.2 Å². The van der Waals surface area contributed by atoms with Crippen molar-refractivity contribution >= 4 is 46.2 Å². The molecule has 0 fully saturated rings. The van der Waals surface area contributed by atoms with Crippen molar-refractivity contribution in [2.45, 2.75) is 13.3 Å². The van der Waals surface area contributed by atoms with Gasteiger partial charge >= 0.3 is 5.97 Å². The van der Waals surface area contributed by atoms with E-state index in [0.717, 1.165) is 11.8 Å². The highest BCUT2D eigenvalue weighted by Gasteiger charge is 2.07. The molecule has 1 heterocycles. The highest BCUT2D eigenvalue weighted by molar-refractivity contribution is 6.31. The normalized spacial score (nSPS) is 11.0. The van der Waals surface area contributed by atoms with Crippen molar-refractivity contribution in [3.63, 3.8) is 0 Å². The quantitative estimate of drug-likeness (QED) is 0.463. The van der Waals surface area contributed by atoms with Crippen molar-refractivity contribution < 1.29 is 18.7 Å². The Balaban J connectivity index is 1.61. The van der Waals surface area contributed by atoms with E-state index in [1.807, 2.05) is 13.0 Å². The lowest BCUT2D eigenvalue weighted by Crippen LogP contribution is -2.09. The largest absolute Gasteiger partial charge is 0.462 e. The van der Waals surface area contributed by atoms with Gasteiger partial charge in [-0.05, 0) is 61.0 Å². The molecular weight excluding hydrogens is 366 g/mol. The number of benzene rings is 2. The van der Waals surface area contributed by atoms with E-state index in [9.17, 15) is 9.59 Å². The lowest BCUT2D eigenvalue weighted by atomic mass is 10.2. The number of rotatable bonds is 6. The van der Waals surface area contributed by atoms with Crippen LogP contribution >= 0.6 is 11.6 Å². The number of hydrogen-bond donors (Lipinski definition) is 1. The van der Waals surface area contributed by atoms with Crippen molar-refractivity contribution in [1.82, 2.24) is 0 Å². The topological polar surface area (TPSA) is 68.5 Å². The Morgan fingerprint density at radius 2 is 1.93 bits per heavy atom. The molecule has 0 aliphatic rings. The zero-order chi connectivity index (χ0) is 19.2. The third-order valence-electron chi connectivity index (χ3n) is 3.72. The summed E-state index contributed by atoms with van der Waals surface area (Å²) >= 11 is 5.95. The van der Waals surface area contributed by atoms with Crippen LogP contribution in [0.4, 0.5) is 5.69 Å². The smallest absolute Gasteiger partial charge is 0.338 e. The maximum Gasteiger partial charge on any atom is 0.338 e. The molecule has 138 valence electrons. The second-order valence-corrected chi connectivity index (χ2v) is 6.30. The molecule has 3 rings (SSSR count). The minimum absolute atomic E-state index is 0.310. The first kappa shape index (κ1) is 18.7. The Morgan fingerprint density at radius 3 is 2.67 bits per heavy atom. The molecule has 5 nitrogen and oxygen atoms in total. The van der Waals surface area contributed by atoms with Crippen LogP contribution in [0.15, 0.2) is 59.0 Å². The van der Waals surface area contributed by atoms with E-state index >= 15 is 0 Å². The molecule has 0 unspecified atom stereocenters. The summed E-state index contributed by atoms with van der Waals surface area (Å²) in [6.07, 6.45) is 3.73. The predicted molar refractivity (Wildman–Crippen MR) is 106 cm³/mol. The fourth-order valence-corrected chi connectivity index (χ4v) is 2.61. The maximum absolute atomic E-state index is 12.1. The monoisotopic (exact) mass is 383 g/mol. The first-order valence-electron chi connectivity index (χ1n) is 8.50. The summed E-state index contributed by atoms with van der Waals surface area (Å²) < 4.78 is 10.7. The molecule has 0 saturated carbocycles. The number of nitrogens with one attached hydrogen (secondary N) is 1. The number of halogens is 1. The van der Waals surface area contributed by atoms with Crippen LogP contribution in [0.1, 0.15) is 29.5 Å². The Morgan fingerprint density at radius 1 is 1.15 bits per heavy atom. The van der Waals surface area contributed by atoms with Gasteiger partial charge in [-0.1, -0.05) is 18.5 Å². The third kappa shape index (κ3) is 4.99. The summed E-state index contributed by atoms with van der Waals surface area (Å²) in [5, 5.41) is 4.22. The van der Waals surface area contributed by atoms with E-state index in [1.165, 1.54) is 6.08 Å². The van der Waals surface area contributed by atoms with Gasteiger partial charge in [-0.25, -0.2) is 4.79 Å². The predicted octanol–water partition coefficient (Wildman–Crippen LogP) is 5.30.